The molecule has 1 saturated heterocycles. The number of thioether (sulfide) groups is 1. The molecule has 36 heavy (non-hydrogen) atoms. The fourth-order valence-corrected chi connectivity index (χ4v) is 5.13. The Labute approximate surface area is 219 Å². The van der Waals surface area contributed by atoms with Crippen molar-refractivity contribution in [3.63, 3.8) is 0 Å². The molecule has 0 radical (unpaired) electrons. The molecule has 2 aromatic carbocycles. The minimum Gasteiger partial charge on any atom is -0.341 e. The molecule has 1 aliphatic rings. The molecule has 2 aromatic heterocycles. The Kier molecular flexibility index (Phi) is 8.13. The van der Waals surface area contributed by atoms with Crippen molar-refractivity contribution >= 4 is 47.1 Å². The third-order valence-electron chi connectivity index (χ3n) is 6.31. The van der Waals surface area contributed by atoms with E-state index in [0.29, 0.717) is 40.9 Å². The quantitative estimate of drug-likeness (QED) is 0.224. The van der Waals surface area contributed by atoms with Gasteiger partial charge in [-0.3, -0.25) is 18.7 Å². The van der Waals surface area contributed by atoms with Crippen molar-refractivity contribution in [1.29, 1.82) is 0 Å². The minimum absolute atomic E-state index is 0. The highest BCUT2D eigenvalue weighted by molar-refractivity contribution is 7.98. The van der Waals surface area contributed by atoms with Gasteiger partial charge in [-0.25, -0.2) is 4.98 Å². The van der Waals surface area contributed by atoms with Crippen LogP contribution in [-0.4, -0.2) is 50.3 Å². The average molecular weight is 525 g/mol. The second-order valence-electron chi connectivity index (χ2n) is 8.78. The van der Waals surface area contributed by atoms with E-state index in [-0.39, 0.29) is 36.3 Å². The van der Waals surface area contributed by atoms with Crippen molar-refractivity contribution in [2.24, 2.45) is 5.73 Å². The Hall–Kier alpha value is -3.14. The maximum Gasteiger partial charge on any atom is 0.280 e. The largest absolute Gasteiger partial charge is 0.341 e. The number of piperidine rings is 1. The van der Waals surface area contributed by atoms with Crippen molar-refractivity contribution in [3.8, 4) is 0 Å². The first-order valence-corrected chi connectivity index (χ1v) is 13.0. The van der Waals surface area contributed by atoms with Gasteiger partial charge in [-0.2, -0.15) is 4.98 Å². The molecule has 5 rings (SSSR count). The van der Waals surface area contributed by atoms with Crippen LogP contribution in [0.2, 0.25) is 0 Å². The third kappa shape index (κ3) is 5.18. The Bertz CT molecular complexity index is 1410. The van der Waals surface area contributed by atoms with Gasteiger partial charge in [-0.05, 0) is 24.7 Å². The van der Waals surface area contributed by atoms with Crippen molar-refractivity contribution in [2.45, 2.75) is 37.1 Å². The zero-order valence-electron chi connectivity index (χ0n) is 20.0. The van der Waals surface area contributed by atoms with Gasteiger partial charge in [-0.15, -0.1) is 12.4 Å². The van der Waals surface area contributed by atoms with Gasteiger partial charge in [0.2, 0.25) is 5.95 Å². The Morgan fingerprint density at radius 2 is 1.75 bits per heavy atom. The predicted molar refractivity (Wildman–Crippen MR) is 147 cm³/mol. The molecule has 4 aromatic rings. The average Bonchev–Trinajstić information content (AvgIpc) is 3.24. The summed E-state index contributed by atoms with van der Waals surface area (Å²) in [7, 11) is 0. The summed E-state index contributed by atoms with van der Waals surface area (Å²) in [6.45, 7) is 1.89. The van der Waals surface area contributed by atoms with E-state index in [9.17, 15) is 9.59 Å². The van der Waals surface area contributed by atoms with E-state index in [1.165, 1.54) is 16.3 Å². The van der Waals surface area contributed by atoms with Gasteiger partial charge in [0, 0.05) is 24.7 Å². The number of carbonyl (C=O) groups is 1. The molecule has 0 saturated carbocycles. The van der Waals surface area contributed by atoms with Crippen molar-refractivity contribution in [3.05, 3.63) is 82.1 Å². The van der Waals surface area contributed by atoms with Crippen LogP contribution in [-0.2, 0) is 13.1 Å². The topological polar surface area (TPSA) is 99.0 Å². The van der Waals surface area contributed by atoms with Gasteiger partial charge in [-0.1, -0.05) is 72.4 Å². The van der Waals surface area contributed by atoms with E-state index in [1.54, 1.807) is 12.1 Å². The van der Waals surface area contributed by atoms with Gasteiger partial charge in [0.25, 0.3) is 5.56 Å². The summed E-state index contributed by atoms with van der Waals surface area (Å²) >= 11 is 1.33. The number of halogens is 1. The molecule has 0 bridgehead atoms. The van der Waals surface area contributed by atoms with Crippen LogP contribution >= 0.6 is 24.2 Å². The van der Waals surface area contributed by atoms with E-state index in [4.69, 9.17) is 15.7 Å². The summed E-state index contributed by atoms with van der Waals surface area (Å²) < 4.78 is 3.41. The second-order valence-corrected chi connectivity index (χ2v) is 9.56. The van der Waals surface area contributed by atoms with Gasteiger partial charge >= 0.3 is 0 Å². The summed E-state index contributed by atoms with van der Waals surface area (Å²) in [6.07, 6.45) is 3.79. The lowest BCUT2D eigenvalue weighted by Gasteiger charge is -2.31. The molecule has 1 unspecified atom stereocenters. The molecule has 188 valence electrons. The highest BCUT2D eigenvalue weighted by Gasteiger charge is 2.26. The normalized spacial score (nSPS) is 15.6. The summed E-state index contributed by atoms with van der Waals surface area (Å²) in [5.74, 6) is 0.559. The van der Waals surface area contributed by atoms with Crippen LogP contribution in [0.3, 0.4) is 0 Å². The van der Waals surface area contributed by atoms with E-state index in [0.717, 1.165) is 24.9 Å². The number of hydrogen-bond donors (Lipinski definition) is 1. The number of carbonyl (C=O) groups excluding carboxylic acids is 1. The molecule has 8 nitrogen and oxygen atoms in total. The first kappa shape index (κ1) is 25.9. The summed E-state index contributed by atoms with van der Waals surface area (Å²) in [5.41, 5.74) is 8.42. The van der Waals surface area contributed by atoms with E-state index in [1.807, 2.05) is 59.4 Å². The molecule has 1 atom stereocenters. The lowest BCUT2D eigenvalue weighted by atomic mass is 10.1. The van der Waals surface area contributed by atoms with Crippen LogP contribution in [0.1, 0.15) is 28.8 Å². The molecule has 0 aliphatic carbocycles. The number of nitrogens with two attached hydrogens (primary N) is 1. The van der Waals surface area contributed by atoms with Crippen molar-refractivity contribution in [2.75, 3.05) is 24.2 Å². The second kappa shape index (κ2) is 11.3. The SMILES string of the molecule is CSc1nc2nc(N3CCCC(N)C3)n(Cc3ccccc3)c2c(=O)n1CC(=O)c1ccccc1.Cl. The van der Waals surface area contributed by atoms with Crippen LogP contribution in [0.4, 0.5) is 5.95 Å². The molecule has 3 heterocycles. The van der Waals surface area contributed by atoms with Crippen molar-refractivity contribution < 1.29 is 4.79 Å². The Morgan fingerprint density at radius 3 is 2.42 bits per heavy atom. The number of benzene rings is 2. The maximum atomic E-state index is 13.9. The highest BCUT2D eigenvalue weighted by atomic mass is 35.5. The fraction of sp³-hybridized carbons (Fsp3) is 0.308. The smallest absolute Gasteiger partial charge is 0.280 e. The molecule has 2 N–H and O–H groups in total. The van der Waals surface area contributed by atoms with Gasteiger partial charge in [0.15, 0.2) is 22.1 Å². The lowest BCUT2D eigenvalue weighted by Crippen LogP contribution is -2.44. The van der Waals surface area contributed by atoms with Crippen LogP contribution < -0.4 is 16.2 Å². The zero-order chi connectivity index (χ0) is 24.4. The van der Waals surface area contributed by atoms with E-state index < -0.39 is 0 Å². The fourth-order valence-electron chi connectivity index (χ4n) is 4.59. The minimum atomic E-state index is -0.264. The first-order valence-electron chi connectivity index (χ1n) is 11.7. The molecular formula is C26H29ClN6O2S. The Balaban J connectivity index is 0.00000304. The molecule has 1 aliphatic heterocycles. The van der Waals surface area contributed by atoms with E-state index >= 15 is 0 Å². The van der Waals surface area contributed by atoms with Gasteiger partial charge < -0.3 is 10.6 Å². The highest BCUT2D eigenvalue weighted by Crippen LogP contribution is 2.25. The number of rotatable bonds is 7. The number of hydrogen-bond acceptors (Lipinski definition) is 7. The third-order valence-corrected chi connectivity index (χ3v) is 6.99. The molecule has 1 fully saturated rings. The van der Waals surface area contributed by atoms with Gasteiger partial charge in [0.1, 0.15) is 0 Å². The molecule has 0 spiro atoms. The molecular weight excluding hydrogens is 496 g/mol. The standard InChI is InChI=1S/C26H28N6O2S.ClH/c1-35-26-29-23-22(24(34)32(26)17-21(33)19-11-6-3-7-12-19)31(15-18-9-4-2-5-10-18)25(28-23)30-14-8-13-20(27)16-30;/h2-7,9-12,20H,8,13-17,27H2,1H3;1H. The van der Waals surface area contributed by atoms with Crippen LogP contribution in [0, 0.1) is 0 Å². The van der Waals surface area contributed by atoms with Crippen LogP contribution in [0.25, 0.3) is 11.2 Å². The maximum absolute atomic E-state index is 13.9. The monoisotopic (exact) mass is 524 g/mol. The van der Waals surface area contributed by atoms with Gasteiger partial charge in [0.05, 0.1) is 13.1 Å². The van der Waals surface area contributed by atoms with Crippen LogP contribution in [0.5, 0.6) is 0 Å². The summed E-state index contributed by atoms with van der Waals surface area (Å²) in [5, 5.41) is 0.470. The summed E-state index contributed by atoms with van der Waals surface area (Å²) in [6, 6.07) is 19.0. The summed E-state index contributed by atoms with van der Waals surface area (Å²) in [4.78, 5) is 38.6. The number of anilines is 1. The Morgan fingerprint density at radius 1 is 1.06 bits per heavy atom. The molecule has 10 heteroatoms. The van der Waals surface area contributed by atoms with Crippen molar-refractivity contribution in [1.82, 2.24) is 19.1 Å². The van der Waals surface area contributed by atoms with Crippen LogP contribution in [0.15, 0.2) is 70.6 Å². The molecule has 0 amide bonds. The number of nitrogens with zero attached hydrogens (tertiary/aromatic N) is 5. The lowest BCUT2D eigenvalue weighted by molar-refractivity contribution is 0.0967. The van der Waals surface area contributed by atoms with E-state index in [2.05, 4.69) is 4.90 Å². The number of Topliss-reactive ketones (excluding diaryl/α,β-unsaturated/α-hetero) is 1. The predicted octanol–water partition coefficient (Wildman–Crippen LogP) is 3.60. The number of aromatic nitrogens is 4. The number of imidazole rings is 1. The first-order chi connectivity index (χ1) is 17.0. The zero-order valence-corrected chi connectivity index (χ0v) is 21.7. The number of ketones is 1. The number of fused-ring (bicyclic) bond motifs is 1.